The third-order valence-corrected chi connectivity index (χ3v) is 5.47. The molecular formula is C27H24F6N2O5. The number of rotatable bonds is 9. The number of hydrogen-bond acceptors (Lipinski definition) is 5. The Bertz CT molecular complexity index is 1240. The van der Waals surface area contributed by atoms with Crippen molar-refractivity contribution in [3.63, 3.8) is 0 Å². The molecule has 0 radical (unpaired) electrons. The Kier molecular flexibility index (Phi) is 9.51. The maximum Gasteiger partial charge on any atom is 0.573 e. The highest BCUT2D eigenvalue weighted by atomic mass is 19.4. The zero-order chi connectivity index (χ0) is 29.4. The van der Waals surface area contributed by atoms with Crippen molar-refractivity contribution in [3.05, 3.63) is 95.6 Å². The summed E-state index contributed by atoms with van der Waals surface area (Å²) in [5.41, 5.74) is 0.684. The smallest absolute Gasteiger partial charge is 0.406 e. The van der Waals surface area contributed by atoms with Gasteiger partial charge in [0.05, 0.1) is 5.54 Å². The van der Waals surface area contributed by atoms with E-state index in [-0.39, 0.29) is 24.0 Å². The summed E-state index contributed by atoms with van der Waals surface area (Å²) >= 11 is 0. The van der Waals surface area contributed by atoms with Crippen LogP contribution in [0.1, 0.15) is 36.5 Å². The monoisotopic (exact) mass is 570 g/mol. The van der Waals surface area contributed by atoms with Crippen LogP contribution < -0.4 is 20.3 Å². The maximum atomic E-state index is 13.0. The van der Waals surface area contributed by atoms with Crippen molar-refractivity contribution < 1.29 is 50.2 Å². The van der Waals surface area contributed by atoms with Gasteiger partial charge in [-0.2, -0.15) is 5.48 Å². The summed E-state index contributed by atoms with van der Waals surface area (Å²) in [4.78, 5) is 29.5. The Morgan fingerprint density at radius 2 is 1.27 bits per heavy atom. The summed E-state index contributed by atoms with van der Waals surface area (Å²) < 4.78 is 86.3. The summed E-state index contributed by atoms with van der Waals surface area (Å²) in [5.74, 6) is -2.03. The second-order valence-corrected chi connectivity index (χ2v) is 8.50. The van der Waals surface area contributed by atoms with E-state index in [2.05, 4.69) is 14.8 Å². The molecule has 0 unspecified atom stereocenters. The van der Waals surface area contributed by atoms with Gasteiger partial charge in [-0.15, -0.1) is 26.3 Å². The number of hydrogen-bond donors (Lipinski definition) is 2. The van der Waals surface area contributed by atoms with Gasteiger partial charge in [-0.25, -0.2) is 9.59 Å². The molecule has 0 aliphatic rings. The first-order valence-corrected chi connectivity index (χ1v) is 11.8. The lowest BCUT2D eigenvalue weighted by molar-refractivity contribution is -0.275. The number of alkyl halides is 6. The molecule has 7 nitrogen and oxygen atoms in total. The minimum Gasteiger partial charge on any atom is -0.406 e. The Balaban J connectivity index is 2.19. The SMILES string of the molecule is CCCC(=O)ONC(=O)NC(Cc1ccccc1)(c1cccc(OC(F)(F)F)c1)c1cccc(OC(F)(F)F)c1. The molecule has 0 saturated heterocycles. The lowest BCUT2D eigenvalue weighted by Gasteiger charge is -2.36. The van der Waals surface area contributed by atoms with Gasteiger partial charge < -0.3 is 19.6 Å². The Hall–Kier alpha value is -4.42. The van der Waals surface area contributed by atoms with Gasteiger partial charge >= 0.3 is 24.7 Å². The van der Waals surface area contributed by atoms with Crippen LogP contribution in [0.2, 0.25) is 0 Å². The van der Waals surface area contributed by atoms with Gasteiger partial charge in [0.25, 0.3) is 0 Å². The van der Waals surface area contributed by atoms with E-state index in [1.807, 2.05) is 5.48 Å². The highest BCUT2D eigenvalue weighted by molar-refractivity contribution is 5.78. The highest BCUT2D eigenvalue weighted by Gasteiger charge is 2.39. The molecule has 3 aromatic carbocycles. The molecule has 0 spiro atoms. The van der Waals surface area contributed by atoms with Crippen LogP contribution in [0.5, 0.6) is 11.5 Å². The molecule has 0 saturated carbocycles. The molecule has 0 aliphatic carbocycles. The molecule has 0 bridgehead atoms. The second kappa shape index (κ2) is 12.6. The van der Waals surface area contributed by atoms with Gasteiger partial charge in [0, 0.05) is 12.8 Å². The van der Waals surface area contributed by atoms with Crippen molar-refractivity contribution >= 4 is 12.0 Å². The summed E-state index contributed by atoms with van der Waals surface area (Å²) in [6.07, 6.45) is -9.82. The molecular weight excluding hydrogens is 546 g/mol. The normalized spacial score (nSPS) is 11.9. The third kappa shape index (κ3) is 8.82. The van der Waals surface area contributed by atoms with Gasteiger partial charge in [0.15, 0.2) is 0 Å². The van der Waals surface area contributed by atoms with E-state index in [0.717, 1.165) is 24.3 Å². The fourth-order valence-corrected chi connectivity index (χ4v) is 3.96. The van der Waals surface area contributed by atoms with Crippen LogP contribution in [0.15, 0.2) is 78.9 Å². The number of halogens is 6. The van der Waals surface area contributed by atoms with Gasteiger partial charge in [-0.05, 0) is 47.4 Å². The van der Waals surface area contributed by atoms with Crippen LogP contribution in [-0.4, -0.2) is 24.7 Å². The van der Waals surface area contributed by atoms with Crippen molar-refractivity contribution in [2.75, 3.05) is 0 Å². The standard InChI is InChI=1S/C27H24F6N2O5/c1-2-8-23(36)40-35-24(37)34-25(17-18-9-4-3-5-10-18,19-11-6-13-21(15-19)38-26(28,29)30)20-12-7-14-22(16-20)39-27(31,32)33/h3-7,9-16H,2,8,17H2,1H3,(H2,34,35,37). The van der Waals surface area contributed by atoms with Crippen molar-refractivity contribution in [2.45, 2.75) is 44.4 Å². The molecule has 2 N–H and O–H groups in total. The fourth-order valence-electron chi connectivity index (χ4n) is 3.96. The molecule has 0 aromatic heterocycles. The lowest BCUT2D eigenvalue weighted by Crippen LogP contribution is -2.52. The molecule has 3 rings (SSSR count). The van der Waals surface area contributed by atoms with E-state index in [9.17, 15) is 35.9 Å². The first kappa shape index (κ1) is 30.1. The van der Waals surface area contributed by atoms with Gasteiger partial charge in [0.2, 0.25) is 0 Å². The summed E-state index contributed by atoms with van der Waals surface area (Å²) in [6, 6.07) is 16.5. The number of nitrogens with one attached hydrogen (secondary N) is 2. The molecule has 13 heteroatoms. The molecule has 0 heterocycles. The van der Waals surface area contributed by atoms with Crippen LogP contribution in [0.4, 0.5) is 31.1 Å². The van der Waals surface area contributed by atoms with E-state index < -0.39 is 41.8 Å². The first-order valence-electron chi connectivity index (χ1n) is 11.8. The third-order valence-electron chi connectivity index (χ3n) is 5.47. The predicted octanol–water partition coefficient (Wildman–Crippen LogP) is 6.53. The average Bonchev–Trinajstić information content (AvgIpc) is 2.86. The summed E-state index contributed by atoms with van der Waals surface area (Å²) in [7, 11) is 0. The van der Waals surface area contributed by atoms with Crippen LogP contribution >= 0.6 is 0 Å². The fraction of sp³-hybridized carbons (Fsp3) is 0.259. The van der Waals surface area contributed by atoms with E-state index in [0.29, 0.717) is 12.0 Å². The van der Waals surface area contributed by atoms with E-state index >= 15 is 0 Å². The molecule has 0 atom stereocenters. The van der Waals surface area contributed by atoms with Crippen LogP contribution in [0, 0.1) is 0 Å². The zero-order valence-electron chi connectivity index (χ0n) is 20.9. The molecule has 2 amide bonds. The molecule has 40 heavy (non-hydrogen) atoms. The highest BCUT2D eigenvalue weighted by Crippen LogP contribution is 2.38. The number of benzene rings is 3. The largest absolute Gasteiger partial charge is 0.573 e. The first-order chi connectivity index (χ1) is 18.8. The minimum atomic E-state index is -5.04. The zero-order valence-corrected chi connectivity index (χ0v) is 20.9. The van der Waals surface area contributed by atoms with Gasteiger partial charge in [-0.3, -0.25) is 0 Å². The topological polar surface area (TPSA) is 85.9 Å². The van der Waals surface area contributed by atoms with Gasteiger partial charge in [0.1, 0.15) is 11.5 Å². The minimum absolute atomic E-state index is 0.0108. The number of carbonyl (C=O) groups is 2. The van der Waals surface area contributed by atoms with Crippen molar-refractivity contribution in [2.24, 2.45) is 0 Å². The van der Waals surface area contributed by atoms with E-state index in [4.69, 9.17) is 4.84 Å². The summed E-state index contributed by atoms with van der Waals surface area (Å²) in [6.45, 7) is 1.71. The maximum absolute atomic E-state index is 13.0. The average molecular weight is 570 g/mol. The van der Waals surface area contributed by atoms with Crippen molar-refractivity contribution in [1.82, 2.24) is 10.8 Å². The van der Waals surface area contributed by atoms with Crippen LogP contribution in [0.25, 0.3) is 0 Å². The number of ether oxygens (including phenoxy) is 2. The molecule has 0 aliphatic heterocycles. The van der Waals surface area contributed by atoms with Crippen LogP contribution in [-0.2, 0) is 21.6 Å². The Morgan fingerprint density at radius 1 is 0.750 bits per heavy atom. The lowest BCUT2D eigenvalue weighted by atomic mass is 9.77. The van der Waals surface area contributed by atoms with Crippen molar-refractivity contribution in [1.29, 1.82) is 0 Å². The quantitative estimate of drug-likeness (QED) is 0.226. The number of amides is 2. The number of hydroxylamine groups is 1. The number of carbonyl (C=O) groups excluding carboxylic acids is 2. The summed E-state index contributed by atoms with van der Waals surface area (Å²) in [5, 5.41) is 2.59. The second-order valence-electron chi connectivity index (χ2n) is 8.50. The van der Waals surface area contributed by atoms with E-state index in [1.165, 1.54) is 24.3 Å². The molecule has 3 aromatic rings. The predicted molar refractivity (Wildman–Crippen MR) is 130 cm³/mol. The van der Waals surface area contributed by atoms with E-state index in [1.54, 1.807) is 37.3 Å². The Morgan fingerprint density at radius 3 is 1.75 bits per heavy atom. The van der Waals surface area contributed by atoms with Crippen LogP contribution in [0.3, 0.4) is 0 Å². The molecule has 0 fully saturated rings. The Labute approximate surface area is 225 Å². The van der Waals surface area contributed by atoms with Crippen molar-refractivity contribution in [3.8, 4) is 11.5 Å². The number of urea groups is 1. The molecule has 214 valence electrons. The van der Waals surface area contributed by atoms with Gasteiger partial charge in [-0.1, -0.05) is 61.5 Å².